The van der Waals surface area contributed by atoms with E-state index in [4.69, 9.17) is 4.74 Å². The maximum absolute atomic E-state index is 4.86. The van der Waals surface area contributed by atoms with E-state index in [2.05, 4.69) is 6.07 Å². The molecule has 2 heteroatoms. The van der Waals surface area contributed by atoms with Gasteiger partial charge >= 0.3 is 0 Å². The van der Waals surface area contributed by atoms with Crippen LogP contribution in [0.2, 0.25) is 0 Å². The van der Waals surface area contributed by atoms with Gasteiger partial charge in [-0.3, -0.25) is 0 Å². The Kier molecular flexibility index (Phi) is 5.02. The first-order valence-corrected chi connectivity index (χ1v) is 2.44. The van der Waals surface area contributed by atoms with Crippen LogP contribution in [0.4, 0.5) is 0 Å². The molecule has 0 bridgehead atoms. The summed E-state index contributed by atoms with van der Waals surface area (Å²) in [5, 5.41) is 0. The van der Waals surface area contributed by atoms with Crippen LogP contribution < -0.4 is 4.74 Å². The molecular weight excluding hydrogens is 189 g/mol. The zero-order valence-electron chi connectivity index (χ0n) is 5.29. The number of methoxy groups -OCH3 is 1. The minimum Gasteiger partial charge on any atom is -0.523 e. The Morgan fingerprint density at radius 2 is 2.22 bits per heavy atom. The first-order chi connectivity index (χ1) is 3.93. The third-order valence-corrected chi connectivity index (χ3v) is 0.900. The average Bonchev–Trinajstić information content (AvgIpc) is 1.90. The number of hydrogen-bond donors (Lipinski definition) is 0. The molecule has 0 heterocycles. The Morgan fingerprint density at radius 1 is 1.44 bits per heavy atom. The van der Waals surface area contributed by atoms with E-state index in [-0.39, 0.29) is 32.7 Å². The summed E-state index contributed by atoms with van der Waals surface area (Å²) in [6.07, 6.45) is 0. The molecule has 9 heavy (non-hydrogen) atoms. The molecule has 0 amide bonds. The van der Waals surface area contributed by atoms with E-state index in [1.54, 1.807) is 7.11 Å². The molecule has 0 saturated carbocycles. The van der Waals surface area contributed by atoms with Crippen LogP contribution in [0.15, 0.2) is 24.3 Å². The second kappa shape index (κ2) is 4.95. The van der Waals surface area contributed by atoms with Crippen LogP contribution in [0.25, 0.3) is 0 Å². The third kappa shape index (κ3) is 2.97. The molecule has 1 aromatic rings. The van der Waals surface area contributed by atoms with Crippen LogP contribution in [0.1, 0.15) is 0 Å². The Morgan fingerprint density at radius 3 is 2.56 bits per heavy atom. The van der Waals surface area contributed by atoms with E-state index in [1.165, 1.54) is 0 Å². The van der Waals surface area contributed by atoms with Crippen molar-refractivity contribution >= 4 is 0 Å². The molecule has 0 N–H and O–H groups in total. The number of benzene rings is 1. The first-order valence-electron chi connectivity index (χ1n) is 2.44. The first kappa shape index (κ1) is 9.12. The fourth-order valence-corrected chi connectivity index (χ4v) is 0.504. The van der Waals surface area contributed by atoms with Gasteiger partial charge in [-0.2, -0.15) is 18.2 Å². The Hall–Kier alpha value is 0.124. The van der Waals surface area contributed by atoms with Crippen molar-refractivity contribution in [3.8, 4) is 5.75 Å². The van der Waals surface area contributed by atoms with Crippen LogP contribution in [-0.4, -0.2) is 7.11 Å². The van der Waals surface area contributed by atoms with E-state index in [9.17, 15) is 0 Å². The third-order valence-electron chi connectivity index (χ3n) is 0.900. The van der Waals surface area contributed by atoms with E-state index in [0.29, 0.717) is 0 Å². The molecule has 0 aliphatic carbocycles. The molecule has 0 aliphatic heterocycles. The van der Waals surface area contributed by atoms with Gasteiger partial charge in [0.1, 0.15) is 0 Å². The zero-order valence-corrected chi connectivity index (χ0v) is 8.13. The van der Waals surface area contributed by atoms with E-state index < -0.39 is 0 Å². The van der Waals surface area contributed by atoms with Crippen molar-refractivity contribution in [3.63, 3.8) is 0 Å². The summed E-state index contributed by atoms with van der Waals surface area (Å²) in [6.45, 7) is 0. The summed E-state index contributed by atoms with van der Waals surface area (Å²) >= 11 is 0. The molecule has 1 radical (unpaired) electrons. The van der Waals surface area contributed by atoms with Gasteiger partial charge in [-0.15, -0.1) is 12.1 Å². The van der Waals surface area contributed by atoms with E-state index >= 15 is 0 Å². The maximum Gasteiger partial charge on any atom is 0.0743 e. The molecule has 0 unspecified atom stereocenters. The minimum absolute atomic E-state index is 0. The van der Waals surface area contributed by atoms with Gasteiger partial charge in [0.15, 0.2) is 0 Å². The molecule has 0 saturated heterocycles. The van der Waals surface area contributed by atoms with Gasteiger partial charge < -0.3 is 4.74 Å². The molecule has 0 aliphatic rings. The monoisotopic (exact) mass is 196 g/mol. The minimum atomic E-state index is 0. The summed E-state index contributed by atoms with van der Waals surface area (Å²) in [5.41, 5.74) is 0. The summed E-state index contributed by atoms with van der Waals surface area (Å²) in [7, 11) is 1.63. The average molecular weight is 196 g/mol. The molecule has 0 spiro atoms. The van der Waals surface area contributed by atoms with Gasteiger partial charge in [0, 0.05) is 38.5 Å². The van der Waals surface area contributed by atoms with Gasteiger partial charge in [-0.25, -0.2) is 0 Å². The Bertz CT molecular complexity index is 150. The molecular formula is C7H7OY-. The molecule has 45 valence electrons. The quantitative estimate of drug-likeness (QED) is 0.618. The fourth-order valence-electron chi connectivity index (χ4n) is 0.504. The van der Waals surface area contributed by atoms with Crippen LogP contribution in [0.3, 0.4) is 0 Å². The summed E-state index contributed by atoms with van der Waals surface area (Å²) < 4.78 is 4.86. The molecule has 1 nitrogen and oxygen atoms in total. The van der Waals surface area contributed by atoms with Crippen molar-refractivity contribution in [2.45, 2.75) is 0 Å². The van der Waals surface area contributed by atoms with Gasteiger partial charge in [-0.05, 0) is 0 Å². The smallest absolute Gasteiger partial charge is 0.0743 e. The fraction of sp³-hybridized carbons (Fsp3) is 0.143. The van der Waals surface area contributed by atoms with Gasteiger partial charge in [0.2, 0.25) is 0 Å². The molecule has 1 rings (SSSR count). The van der Waals surface area contributed by atoms with Crippen molar-refractivity contribution in [1.29, 1.82) is 0 Å². The van der Waals surface area contributed by atoms with E-state index in [0.717, 1.165) is 5.75 Å². The van der Waals surface area contributed by atoms with Gasteiger partial charge in [0.05, 0.1) is 7.11 Å². The standard InChI is InChI=1S/C7H7O.Y/c1-8-7-5-3-2-4-6-7;/h2-5H,1H3;/q-1;. The van der Waals surface area contributed by atoms with Crippen LogP contribution in [0.5, 0.6) is 5.75 Å². The molecule has 0 fully saturated rings. The van der Waals surface area contributed by atoms with Gasteiger partial charge in [0.25, 0.3) is 0 Å². The second-order valence-electron chi connectivity index (χ2n) is 1.43. The van der Waals surface area contributed by atoms with Gasteiger partial charge in [-0.1, -0.05) is 0 Å². The Labute approximate surface area is 80.3 Å². The molecule has 0 atom stereocenters. The summed E-state index contributed by atoms with van der Waals surface area (Å²) in [5.74, 6) is 0.785. The molecule has 0 aromatic heterocycles. The number of hydrogen-bond acceptors (Lipinski definition) is 1. The zero-order chi connectivity index (χ0) is 5.82. The largest absolute Gasteiger partial charge is 0.523 e. The van der Waals surface area contributed by atoms with Crippen molar-refractivity contribution in [3.05, 3.63) is 30.3 Å². The van der Waals surface area contributed by atoms with Crippen LogP contribution in [-0.2, 0) is 32.7 Å². The van der Waals surface area contributed by atoms with Crippen LogP contribution in [0, 0.1) is 6.07 Å². The van der Waals surface area contributed by atoms with Crippen molar-refractivity contribution < 1.29 is 37.4 Å². The number of para-hydroxylation sites is 1. The topological polar surface area (TPSA) is 9.23 Å². The van der Waals surface area contributed by atoms with Crippen molar-refractivity contribution in [2.75, 3.05) is 7.11 Å². The SMILES string of the molecule is COc1[c-]cccc1.[Y]. The predicted octanol–water partition coefficient (Wildman–Crippen LogP) is 1.49. The Balaban J connectivity index is 0.000000640. The summed E-state index contributed by atoms with van der Waals surface area (Å²) in [6, 6.07) is 10.4. The van der Waals surface area contributed by atoms with E-state index in [1.807, 2.05) is 24.3 Å². The number of ether oxygens (including phenoxy) is 1. The van der Waals surface area contributed by atoms with Crippen molar-refractivity contribution in [1.82, 2.24) is 0 Å². The van der Waals surface area contributed by atoms with Crippen molar-refractivity contribution in [2.24, 2.45) is 0 Å². The second-order valence-corrected chi connectivity index (χ2v) is 1.43. The maximum atomic E-state index is 4.86. The number of rotatable bonds is 1. The molecule has 1 aromatic carbocycles. The predicted molar refractivity (Wildman–Crippen MR) is 31.8 cm³/mol. The normalized spacial score (nSPS) is 7.67. The van der Waals surface area contributed by atoms with Crippen LogP contribution >= 0.6 is 0 Å². The summed E-state index contributed by atoms with van der Waals surface area (Å²) in [4.78, 5) is 0.